The van der Waals surface area contributed by atoms with Crippen molar-refractivity contribution in [2.24, 2.45) is 11.7 Å². The molecule has 0 spiro atoms. The van der Waals surface area contributed by atoms with E-state index in [0.29, 0.717) is 6.54 Å². The zero-order valence-corrected chi connectivity index (χ0v) is 9.32. The lowest BCUT2D eigenvalue weighted by molar-refractivity contribution is 0.659. The molecule has 0 saturated carbocycles. The highest BCUT2D eigenvalue weighted by atomic mass is 15.2. The summed E-state index contributed by atoms with van der Waals surface area (Å²) in [6.45, 7) is 5.28. The van der Waals surface area contributed by atoms with E-state index in [1.807, 2.05) is 6.20 Å². The van der Waals surface area contributed by atoms with E-state index in [9.17, 15) is 0 Å². The van der Waals surface area contributed by atoms with Gasteiger partial charge < -0.3 is 10.6 Å². The fourth-order valence-corrected chi connectivity index (χ4v) is 2.06. The van der Waals surface area contributed by atoms with E-state index in [0.717, 1.165) is 31.2 Å². The van der Waals surface area contributed by atoms with Crippen molar-refractivity contribution in [2.45, 2.75) is 19.8 Å². The predicted molar refractivity (Wildman–Crippen MR) is 63.0 cm³/mol. The van der Waals surface area contributed by atoms with Gasteiger partial charge in [-0.3, -0.25) is 0 Å². The van der Waals surface area contributed by atoms with Crippen LogP contribution in [0.2, 0.25) is 0 Å². The van der Waals surface area contributed by atoms with Crippen LogP contribution >= 0.6 is 0 Å². The summed E-state index contributed by atoms with van der Waals surface area (Å²) in [5.41, 5.74) is 6.73. The molecule has 1 atom stereocenters. The van der Waals surface area contributed by atoms with Gasteiger partial charge in [-0.25, -0.2) is 4.98 Å². The van der Waals surface area contributed by atoms with Gasteiger partial charge >= 0.3 is 0 Å². The molecule has 0 radical (unpaired) electrons. The summed E-state index contributed by atoms with van der Waals surface area (Å²) in [5.74, 6) is 1.91. The molecule has 1 unspecified atom stereocenters. The maximum atomic E-state index is 5.50. The molecule has 1 fully saturated rings. The van der Waals surface area contributed by atoms with Crippen LogP contribution in [0.4, 0.5) is 5.82 Å². The zero-order valence-electron chi connectivity index (χ0n) is 9.32. The van der Waals surface area contributed by atoms with Gasteiger partial charge in [-0.1, -0.05) is 13.0 Å². The molecule has 15 heavy (non-hydrogen) atoms. The van der Waals surface area contributed by atoms with Crippen molar-refractivity contribution < 1.29 is 0 Å². The minimum Gasteiger partial charge on any atom is -0.356 e. The maximum absolute atomic E-state index is 5.50. The van der Waals surface area contributed by atoms with Crippen molar-refractivity contribution in [2.75, 3.05) is 24.5 Å². The molecule has 3 heteroatoms. The molecule has 0 amide bonds. The van der Waals surface area contributed by atoms with Gasteiger partial charge in [0.2, 0.25) is 0 Å². The van der Waals surface area contributed by atoms with Crippen LogP contribution in [-0.2, 0) is 6.42 Å². The zero-order chi connectivity index (χ0) is 10.7. The maximum Gasteiger partial charge on any atom is 0.128 e. The SMILES string of the molecule is CC1CCN(c2ccc(CCN)cn2)C1. The van der Waals surface area contributed by atoms with Crippen molar-refractivity contribution in [3.05, 3.63) is 23.9 Å². The van der Waals surface area contributed by atoms with E-state index >= 15 is 0 Å². The molecule has 2 rings (SSSR count). The number of nitrogens with two attached hydrogens (primary N) is 1. The number of pyridine rings is 1. The number of hydrogen-bond donors (Lipinski definition) is 1. The molecule has 2 N–H and O–H groups in total. The first-order valence-electron chi connectivity index (χ1n) is 5.69. The third kappa shape index (κ3) is 2.48. The Kier molecular flexibility index (Phi) is 3.21. The van der Waals surface area contributed by atoms with Crippen molar-refractivity contribution in [3.8, 4) is 0 Å². The third-order valence-electron chi connectivity index (χ3n) is 2.99. The average molecular weight is 205 g/mol. The second-order valence-corrected chi connectivity index (χ2v) is 4.40. The van der Waals surface area contributed by atoms with E-state index in [4.69, 9.17) is 5.73 Å². The van der Waals surface area contributed by atoms with E-state index < -0.39 is 0 Å². The molecular formula is C12H19N3. The molecule has 0 aromatic carbocycles. The smallest absolute Gasteiger partial charge is 0.128 e. The standard InChI is InChI=1S/C12H19N3/c1-10-5-7-15(9-10)12-3-2-11(4-6-13)8-14-12/h2-3,8,10H,4-7,9,13H2,1H3. The average Bonchev–Trinajstić information content (AvgIpc) is 2.67. The lowest BCUT2D eigenvalue weighted by Crippen LogP contribution is -2.20. The van der Waals surface area contributed by atoms with Crippen LogP contribution in [0.3, 0.4) is 0 Å². The summed E-state index contributed by atoms with van der Waals surface area (Å²) >= 11 is 0. The van der Waals surface area contributed by atoms with Gasteiger partial charge in [0.1, 0.15) is 5.82 Å². The van der Waals surface area contributed by atoms with E-state index in [-0.39, 0.29) is 0 Å². The van der Waals surface area contributed by atoms with E-state index in [2.05, 4.69) is 28.9 Å². The quantitative estimate of drug-likeness (QED) is 0.811. The Morgan fingerprint density at radius 2 is 2.40 bits per heavy atom. The highest BCUT2D eigenvalue weighted by Crippen LogP contribution is 2.21. The Balaban J connectivity index is 2.03. The Labute approximate surface area is 91.3 Å². The summed E-state index contributed by atoms with van der Waals surface area (Å²) in [6, 6.07) is 4.25. The van der Waals surface area contributed by atoms with Crippen molar-refractivity contribution in [1.82, 2.24) is 4.98 Å². The number of hydrogen-bond acceptors (Lipinski definition) is 3. The fourth-order valence-electron chi connectivity index (χ4n) is 2.06. The Bertz CT molecular complexity index is 307. The van der Waals surface area contributed by atoms with Gasteiger partial charge in [-0.2, -0.15) is 0 Å². The number of rotatable bonds is 3. The van der Waals surface area contributed by atoms with E-state index in [1.165, 1.54) is 12.0 Å². The van der Waals surface area contributed by atoms with Crippen LogP contribution in [0.5, 0.6) is 0 Å². The molecule has 1 aliphatic rings. The fraction of sp³-hybridized carbons (Fsp3) is 0.583. The number of nitrogens with zero attached hydrogens (tertiary/aromatic N) is 2. The lowest BCUT2D eigenvalue weighted by Gasteiger charge is -2.16. The molecule has 1 aliphatic heterocycles. The Morgan fingerprint density at radius 3 is 2.93 bits per heavy atom. The summed E-state index contributed by atoms with van der Waals surface area (Å²) in [7, 11) is 0. The Hall–Kier alpha value is -1.09. The third-order valence-corrected chi connectivity index (χ3v) is 2.99. The highest BCUT2D eigenvalue weighted by molar-refractivity contribution is 5.40. The first-order chi connectivity index (χ1) is 7.29. The molecule has 0 aliphatic carbocycles. The van der Waals surface area contributed by atoms with Crippen LogP contribution < -0.4 is 10.6 Å². The van der Waals surface area contributed by atoms with Crippen LogP contribution in [0, 0.1) is 5.92 Å². The molecule has 1 aromatic rings. The number of anilines is 1. The van der Waals surface area contributed by atoms with Gasteiger partial charge in [-0.05, 0) is 36.9 Å². The normalized spacial score (nSPS) is 20.9. The second-order valence-electron chi connectivity index (χ2n) is 4.40. The van der Waals surface area contributed by atoms with Crippen LogP contribution in [-0.4, -0.2) is 24.6 Å². The van der Waals surface area contributed by atoms with Gasteiger partial charge in [0.05, 0.1) is 0 Å². The molecule has 1 aromatic heterocycles. The molecule has 2 heterocycles. The second kappa shape index (κ2) is 4.62. The molecular weight excluding hydrogens is 186 g/mol. The first kappa shape index (κ1) is 10.4. The predicted octanol–water partition coefficient (Wildman–Crippen LogP) is 1.43. The topological polar surface area (TPSA) is 42.1 Å². The van der Waals surface area contributed by atoms with Gasteiger partial charge in [0.15, 0.2) is 0 Å². The summed E-state index contributed by atoms with van der Waals surface area (Å²) < 4.78 is 0. The minimum atomic E-state index is 0.696. The minimum absolute atomic E-state index is 0.696. The van der Waals surface area contributed by atoms with Crippen molar-refractivity contribution in [3.63, 3.8) is 0 Å². The monoisotopic (exact) mass is 205 g/mol. The summed E-state index contributed by atoms with van der Waals surface area (Å²) in [4.78, 5) is 6.84. The summed E-state index contributed by atoms with van der Waals surface area (Å²) in [6.07, 6.45) is 4.15. The molecule has 1 saturated heterocycles. The number of aromatic nitrogens is 1. The van der Waals surface area contributed by atoms with Gasteiger partial charge in [0, 0.05) is 19.3 Å². The van der Waals surface area contributed by atoms with Crippen molar-refractivity contribution >= 4 is 5.82 Å². The van der Waals surface area contributed by atoms with Crippen LogP contribution in [0.1, 0.15) is 18.9 Å². The largest absolute Gasteiger partial charge is 0.356 e. The van der Waals surface area contributed by atoms with Gasteiger partial charge in [-0.15, -0.1) is 0 Å². The first-order valence-corrected chi connectivity index (χ1v) is 5.69. The van der Waals surface area contributed by atoms with Crippen molar-refractivity contribution in [1.29, 1.82) is 0 Å². The summed E-state index contributed by atoms with van der Waals surface area (Å²) in [5, 5.41) is 0. The van der Waals surface area contributed by atoms with Crippen LogP contribution in [0.25, 0.3) is 0 Å². The van der Waals surface area contributed by atoms with E-state index in [1.54, 1.807) is 0 Å². The Morgan fingerprint density at radius 1 is 1.53 bits per heavy atom. The highest BCUT2D eigenvalue weighted by Gasteiger charge is 2.19. The lowest BCUT2D eigenvalue weighted by atomic mass is 10.2. The van der Waals surface area contributed by atoms with Crippen LogP contribution in [0.15, 0.2) is 18.3 Å². The molecule has 3 nitrogen and oxygen atoms in total. The van der Waals surface area contributed by atoms with Gasteiger partial charge in [0.25, 0.3) is 0 Å². The molecule has 0 bridgehead atoms. The molecule has 82 valence electrons.